The summed E-state index contributed by atoms with van der Waals surface area (Å²) in [5.41, 5.74) is 0. The van der Waals surface area contributed by atoms with Gasteiger partial charge < -0.3 is 4.74 Å². The molecule has 0 atom stereocenters. The zero-order valence-electron chi connectivity index (χ0n) is 16.5. The first-order valence-corrected chi connectivity index (χ1v) is 10.8. The summed E-state index contributed by atoms with van der Waals surface area (Å²) in [7, 11) is 0. The van der Waals surface area contributed by atoms with Gasteiger partial charge in [0.15, 0.2) is 11.6 Å². The Morgan fingerprint density at radius 3 is 2.11 bits per heavy atom. The van der Waals surface area contributed by atoms with Crippen molar-refractivity contribution < 1.29 is 13.5 Å². The Morgan fingerprint density at radius 1 is 0.889 bits per heavy atom. The van der Waals surface area contributed by atoms with Crippen LogP contribution < -0.4 is 4.74 Å². The van der Waals surface area contributed by atoms with Gasteiger partial charge in [-0.15, -0.1) is 6.58 Å². The molecule has 1 aromatic rings. The Bertz CT molecular complexity index is 584. The Morgan fingerprint density at radius 2 is 1.52 bits per heavy atom. The lowest BCUT2D eigenvalue weighted by molar-refractivity contribution is 0.121. The van der Waals surface area contributed by atoms with E-state index >= 15 is 0 Å². The Hall–Kier alpha value is -1.38. The van der Waals surface area contributed by atoms with Crippen molar-refractivity contribution in [3.63, 3.8) is 0 Å². The van der Waals surface area contributed by atoms with E-state index in [1.165, 1.54) is 70.3 Å². The minimum absolute atomic E-state index is 0.436. The fraction of sp³-hybridized carbons (Fsp3) is 0.667. The van der Waals surface area contributed by atoms with Crippen molar-refractivity contribution in [2.24, 2.45) is 23.7 Å². The van der Waals surface area contributed by atoms with Crippen LogP contribution in [0.3, 0.4) is 0 Å². The number of hydrogen-bond donors (Lipinski definition) is 0. The summed E-state index contributed by atoms with van der Waals surface area (Å²) in [6.07, 6.45) is 16.6. The van der Waals surface area contributed by atoms with Gasteiger partial charge in [0.05, 0.1) is 6.61 Å². The lowest BCUT2D eigenvalue weighted by atomic mass is 9.69. The quantitative estimate of drug-likeness (QED) is 0.341. The second-order valence-electron chi connectivity index (χ2n) is 8.67. The summed E-state index contributed by atoms with van der Waals surface area (Å²) in [4.78, 5) is 0. The van der Waals surface area contributed by atoms with Gasteiger partial charge in [-0.25, -0.2) is 8.78 Å². The minimum atomic E-state index is -0.837. The number of allylic oxidation sites excluding steroid dienone is 1. The van der Waals surface area contributed by atoms with Gasteiger partial charge in [0.2, 0.25) is 0 Å². The molecule has 0 aromatic heterocycles. The monoisotopic (exact) mass is 376 g/mol. The first-order valence-electron chi connectivity index (χ1n) is 10.8. The van der Waals surface area contributed by atoms with Crippen LogP contribution in [-0.2, 0) is 0 Å². The molecule has 2 saturated carbocycles. The summed E-state index contributed by atoms with van der Waals surface area (Å²) < 4.78 is 31.9. The summed E-state index contributed by atoms with van der Waals surface area (Å²) in [5, 5.41) is 0. The first-order chi connectivity index (χ1) is 13.2. The topological polar surface area (TPSA) is 9.23 Å². The van der Waals surface area contributed by atoms with Gasteiger partial charge in [-0.05, 0) is 87.2 Å². The van der Waals surface area contributed by atoms with Gasteiger partial charge in [0, 0.05) is 6.07 Å². The molecule has 0 bridgehead atoms. The average molecular weight is 377 g/mol. The Labute approximate surface area is 163 Å². The maximum Gasteiger partial charge on any atom is 0.162 e. The second-order valence-corrected chi connectivity index (χ2v) is 8.67. The zero-order valence-corrected chi connectivity index (χ0v) is 16.5. The Kier molecular flexibility index (Phi) is 7.72. The largest absolute Gasteiger partial charge is 0.493 e. The third-order valence-electron chi connectivity index (χ3n) is 6.85. The molecular formula is C24H34F2O. The van der Waals surface area contributed by atoms with Gasteiger partial charge >= 0.3 is 0 Å². The molecule has 0 unspecified atom stereocenters. The molecular weight excluding hydrogens is 342 g/mol. The molecule has 2 fully saturated rings. The third kappa shape index (κ3) is 6.05. The molecule has 0 amide bonds. The molecule has 0 saturated heterocycles. The summed E-state index contributed by atoms with van der Waals surface area (Å²) in [6.45, 7) is 4.44. The highest BCUT2D eigenvalue weighted by atomic mass is 19.2. The molecule has 150 valence electrons. The molecule has 27 heavy (non-hydrogen) atoms. The zero-order chi connectivity index (χ0) is 19.1. The van der Waals surface area contributed by atoms with Crippen molar-refractivity contribution in [1.82, 2.24) is 0 Å². The van der Waals surface area contributed by atoms with Gasteiger partial charge in [-0.2, -0.15) is 0 Å². The van der Waals surface area contributed by atoms with Gasteiger partial charge in [-0.3, -0.25) is 0 Å². The number of ether oxygens (including phenoxy) is 1. The highest BCUT2D eigenvalue weighted by Gasteiger charge is 2.30. The molecule has 0 N–H and O–H groups in total. The minimum Gasteiger partial charge on any atom is -0.493 e. The molecule has 0 spiro atoms. The van der Waals surface area contributed by atoms with Gasteiger partial charge in [0.1, 0.15) is 5.75 Å². The predicted molar refractivity (Wildman–Crippen MR) is 107 cm³/mol. The van der Waals surface area contributed by atoms with Gasteiger partial charge in [0.25, 0.3) is 0 Å². The first kappa shape index (κ1) is 20.4. The van der Waals surface area contributed by atoms with Crippen molar-refractivity contribution in [1.29, 1.82) is 0 Å². The van der Waals surface area contributed by atoms with Crippen LogP contribution in [-0.4, -0.2) is 6.61 Å². The number of benzene rings is 1. The van der Waals surface area contributed by atoms with Crippen molar-refractivity contribution in [2.45, 2.75) is 70.6 Å². The standard InChI is InChI=1S/C24H34F2O/c1-2-3-4-5-18-6-10-20(11-7-18)21-12-8-19(9-13-21)17-27-22-14-15-23(25)24(26)16-22/h2,14-16,18-21H,1,3-13,17H2/t18-,19-,20-,21-. The second kappa shape index (κ2) is 10.2. The summed E-state index contributed by atoms with van der Waals surface area (Å²) in [6, 6.07) is 3.79. The SMILES string of the molecule is C=CCCC[C@H]1CC[C@H]([C@H]2CC[C@H](COc3ccc(F)c(F)c3)CC2)CC1. The maximum atomic E-state index is 13.3. The predicted octanol–water partition coefficient (Wildman–Crippen LogP) is 7.31. The van der Waals surface area contributed by atoms with Crippen LogP contribution in [0.5, 0.6) is 5.75 Å². The molecule has 1 aromatic carbocycles. The lowest BCUT2D eigenvalue weighted by Crippen LogP contribution is -2.27. The fourth-order valence-corrected chi connectivity index (χ4v) is 5.11. The summed E-state index contributed by atoms with van der Waals surface area (Å²) in [5.74, 6) is 2.08. The molecule has 0 radical (unpaired) electrons. The molecule has 0 heterocycles. The highest BCUT2D eigenvalue weighted by molar-refractivity contribution is 5.23. The van der Waals surface area contributed by atoms with Crippen LogP contribution in [0.4, 0.5) is 8.78 Å². The maximum absolute atomic E-state index is 13.3. The van der Waals surface area contributed by atoms with Crippen LogP contribution in [0.25, 0.3) is 0 Å². The van der Waals surface area contributed by atoms with E-state index in [-0.39, 0.29) is 0 Å². The van der Waals surface area contributed by atoms with Crippen LogP contribution >= 0.6 is 0 Å². The smallest absolute Gasteiger partial charge is 0.162 e. The molecule has 2 aliphatic carbocycles. The van der Waals surface area contributed by atoms with Crippen molar-refractivity contribution in [2.75, 3.05) is 6.61 Å². The molecule has 3 heteroatoms. The third-order valence-corrected chi connectivity index (χ3v) is 6.85. The molecule has 3 rings (SSSR count). The van der Waals surface area contributed by atoms with Crippen LogP contribution in [0.1, 0.15) is 70.6 Å². The van der Waals surface area contributed by atoms with E-state index < -0.39 is 11.6 Å². The summed E-state index contributed by atoms with van der Waals surface area (Å²) >= 11 is 0. The number of hydrogen-bond acceptors (Lipinski definition) is 1. The van der Waals surface area contributed by atoms with E-state index in [1.807, 2.05) is 6.08 Å². The average Bonchev–Trinajstić information content (AvgIpc) is 2.70. The van der Waals surface area contributed by atoms with Crippen LogP contribution in [0, 0.1) is 35.3 Å². The van der Waals surface area contributed by atoms with Crippen LogP contribution in [0.15, 0.2) is 30.9 Å². The normalized spacial score (nSPS) is 28.7. The Balaban J connectivity index is 1.34. The molecule has 1 nitrogen and oxygen atoms in total. The molecule has 0 aliphatic heterocycles. The molecule has 2 aliphatic rings. The van der Waals surface area contributed by atoms with E-state index in [2.05, 4.69) is 6.58 Å². The van der Waals surface area contributed by atoms with Crippen molar-refractivity contribution >= 4 is 0 Å². The number of rotatable bonds is 8. The lowest BCUT2D eigenvalue weighted by Gasteiger charge is -2.37. The number of unbranched alkanes of at least 4 members (excludes halogenated alkanes) is 1. The van der Waals surface area contributed by atoms with Crippen LogP contribution in [0.2, 0.25) is 0 Å². The van der Waals surface area contributed by atoms with E-state index in [9.17, 15) is 8.78 Å². The van der Waals surface area contributed by atoms with E-state index in [0.29, 0.717) is 18.3 Å². The van der Waals surface area contributed by atoms with E-state index in [1.54, 1.807) is 0 Å². The van der Waals surface area contributed by atoms with Gasteiger partial charge in [-0.1, -0.05) is 25.3 Å². The van der Waals surface area contributed by atoms with Crippen molar-refractivity contribution in [3.8, 4) is 5.75 Å². The number of halogens is 2. The highest BCUT2D eigenvalue weighted by Crippen LogP contribution is 2.42. The van der Waals surface area contributed by atoms with Crippen molar-refractivity contribution in [3.05, 3.63) is 42.5 Å². The fourth-order valence-electron chi connectivity index (χ4n) is 5.11. The van der Waals surface area contributed by atoms with E-state index in [4.69, 9.17) is 4.74 Å². The van der Waals surface area contributed by atoms with E-state index in [0.717, 1.165) is 36.3 Å².